The minimum absolute atomic E-state index is 0.0000934. The lowest BCUT2D eigenvalue weighted by atomic mass is 9.86. The number of nitriles is 1. The van der Waals surface area contributed by atoms with Crippen LogP contribution in [0.5, 0.6) is 23.0 Å². The molecule has 0 saturated heterocycles. The van der Waals surface area contributed by atoms with E-state index in [4.69, 9.17) is 18.9 Å². The van der Waals surface area contributed by atoms with Gasteiger partial charge in [-0.3, -0.25) is 4.79 Å². The maximum Gasteiger partial charge on any atom is 0.343 e. The number of benzene rings is 2. The number of methoxy groups -OCH3 is 3. The molecular weight excluding hydrogens is 448 g/mol. The lowest BCUT2D eigenvalue weighted by molar-refractivity contribution is -0.118. The van der Waals surface area contributed by atoms with Crippen molar-refractivity contribution in [2.45, 2.75) is 38.6 Å². The zero-order valence-corrected chi connectivity index (χ0v) is 20.4. The van der Waals surface area contributed by atoms with Crippen molar-refractivity contribution < 1.29 is 28.5 Å². The molecule has 1 N–H and O–H groups in total. The molecule has 1 aliphatic rings. The summed E-state index contributed by atoms with van der Waals surface area (Å²) in [6, 6.07) is 11.6. The van der Waals surface area contributed by atoms with Crippen LogP contribution in [-0.2, 0) is 4.79 Å². The van der Waals surface area contributed by atoms with Crippen LogP contribution < -0.4 is 24.3 Å². The summed E-state index contributed by atoms with van der Waals surface area (Å²) in [6.07, 6.45) is 5.71. The molecule has 2 aromatic carbocycles. The summed E-state index contributed by atoms with van der Waals surface area (Å²) in [4.78, 5) is 25.4. The first-order valence-corrected chi connectivity index (χ1v) is 11.4. The molecular formula is C27H30N2O6. The second kappa shape index (κ2) is 11.9. The van der Waals surface area contributed by atoms with Gasteiger partial charge in [0.2, 0.25) is 0 Å². The summed E-state index contributed by atoms with van der Waals surface area (Å²) in [5.41, 5.74) is 0.838. The molecule has 2 atom stereocenters. The summed E-state index contributed by atoms with van der Waals surface area (Å²) in [5, 5.41) is 12.6. The van der Waals surface area contributed by atoms with E-state index in [-0.39, 0.29) is 28.7 Å². The monoisotopic (exact) mass is 478 g/mol. The fourth-order valence-electron chi connectivity index (χ4n) is 4.07. The maximum absolute atomic E-state index is 12.7. The average Bonchev–Trinajstić information content (AvgIpc) is 2.88. The van der Waals surface area contributed by atoms with Gasteiger partial charge in [-0.2, -0.15) is 5.26 Å². The van der Waals surface area contributed by atoms with Crippen molar-refractivity contribution >= 4 is 18.0 Å². The molecule has 1 fully saturated rings. The van der Waals surface area contributed by atoms with Crippen LogP contribution in [0.1, 0.15) is 48.5 Å². The highest BCUT2D eigenvalue weighted by atomic mass is 16.6. The van der Waals surface area contributed by atoms with Crippen LogP contribution in [-0.4, -0.2) is 39.2 Å². The SMILES string of the molecule is COc1ccc(C(=O)Oc2ccc(/C=C(\C#N)C(=O)N[C@H]3CCCC[C@H]3C)cc2OC)cc1OC. The minimum Gasteiger partial charge on any atom is -0.493 e. The Morgan fingerprint density at radius 1 is 0.943 bits per heavy atom. The molecule has 184 valence electrons. The number of hydrogen-bond acceptors (Lipinski definition) is 7. The van der Waals surface area contributed by atoms with Crippen molar-refractivity contribution in [1.82, 2.24) is 5.32 Å². The molecule has 0 radical (unpaired) electrons. The Kier molecular flexibility index (Phi) is 8.74. The zero-order valence-electron chi connectivity index (χ0n) is 20.4. The lowest BCUT2D eigenvalue weighted by Gasteiger charge is -2.29. The van der Waals surface area contributed by atoms with Crippen LogP contribution in [0, 0.1) is 17.2 Å². The maximum atomic E-state index is 12.7. The fourth-order valence-corrected chi connectivity index (χ4v) is 4.07. The van der Waals surface area contributed by atoms with Gasteiger partial charge in [-0.15, -0.1) is 0 Å². The van der Waals surface area contributed by atoms with Crippen LogP contribution in [0.25, 0.3) is 6.08 Å². The van der Waals surface area contributed by atoms with E-state index in [2.05, 4.69) is 12.2 Å². The number of nitrogens with one attached hydrogen (secondary N) is 1. The summed E-state index contributed by atoms with van der Waals surface area (Å²) in [5.74, 6) is 0.759. The average molecular weight is 479 g/mol. The number of hydrogen-bond donors (Lipinski definition) is 1. The number of ether oxygens (including phenoxy) is 4. The van der Waals surface area contributed by atoms with E-state index in [1.807, 2.05) is 6.07 Å². The smallest absolute Gasteiger partial charge is 0.343 e. The number of carbonyl (C=O) groups excluding carboxylic acids is 2. The Morgan fingerprint density at radius 3 is 2.26 bits per heavy atom. The molecule has 0 spiro atoms. The van der Waals surface area contributed by atoms with E-state index in [9.17, 15) is 14.9 Å². The molecule has 0 aromatic heterocycles. The van der Waals surface area contributed by atoms with Crippen molar-refractivity contribution in [3.63, 3.8) is 0 Å². The van der Waals surface area contributed by atoms with Crippen molar-refractivity contribution in [3.8, 4) is 29.1 Å². The summed E-state index contributed by atoms with van der Waals surface area (Å²) in [6.45, 7) is 2.12. The largest absolute Gasteiger partial charge is 0.493 e. The van der Waals surface area contributed by atoms with Gasteiger partial charge < -0.3 is 24.3 Å². The summed E-state index contributed by atoms with van der Waals surface area (Å²) < 4.78 is 21.3. The van der Waals surface area contributed by atoms with E-state index in [0.717, 1.165) is 25.7 Å². The summed E-state index contributed by atoms with van der Waals surface area (Å²) in [7, 11) is 4.43. The second-order valence-corrected chi connectivity index (χ2v) is 8.38. The van der Waals surface area contributed by atoms with E-state index >= 15 is 0 Å². The van der Waals surface area contributed by atoms with Crippen LogP contribution >= 0.6 is 0 Å². The van der Waals surface area contributed by atoms with Gasteiger partial charge in [-0.25, -0.2) is 4.79 Å². The molecule has 1 saturated carbocycles. The van der Waals surface area contributed by atoms with Crippen molar-refractivity contribution in [2.75, 3.05) is 21.3 Å². The molecule has 8 heteroatoms. The Balaban J connectivity index is 1.77. The van der Waals surface area contributed by atoms with Crippen molar-refractivity contribution in [1.29, 1.82) is 5.26 Å². The first-order chi connectivity index (χ1) is 16.9. The molecule has 0 bridgehead atoms. The zero-order chi connectivity index (χ0) is 25.4. The standard InChI is InChI=1S/C27H30N2O6/c1-17-7-5-6-8-21(17)29-26(30)20(16-28)13-18-9-11-23(24(14-18)33-3)35-27(31)19-10-12-22(32-2)25(15-19)34-4/h9-15,17,21H,5-8H2,1-4H3,(H,29,30)/b20-13+/t17-,21+/m1/s1. The fraction of sp³-hybridized carbons (Fsp3) is 0.370. The number of carbonyl (C=O) groups is 2. The van der Waals surface area contributed by atoms with Gasteiger partial charge in [0.25, 0.3) is 5.91 Å². The Morgan fingerprint density at radius 2 is 1.60 bits per heavy atom. The van der Waals surface area contributed by atoms with Crippen LogP contribution in [0.3, 0.4) is 0 Å². The number of rotatable bonds is 8. The van der Waals surface area contributed by atoms with Gasteiger partial charge in [0, 0.05) is 6.04 Å². The van der Waals surface area contributed by atoms with Gasteiger partial charge >= 0.3 is 5.97 Å². The number of esters is 1. The molecule has 1 amide bonds. The molecule has 0 unspecified atom stereocenters. The van der Waals surface area contributed by atoms with Gasteiger partial charge in [0.15, 0.2) is 23.0 Å². The van der Waals surface area contributed by atoms with Gasteiger partial charge in [0.1, 0.15) is 11.6 Å². The Labute approximate surface area is 205 Å². The number of nitrogens with zero attached hydrogens (tertiary/aromatic N) is 1. The highest BCUT2D eigenvalue weighted by Crippen LogP contribution is 2.32. The van der Waals surface area contributed by atoms with Crippen molar-refractivity contribution in [3.05, 3.63) is 53.1 Å². The topological polar surface area (TPSA) is 107 Å². The third kappa shape index (κ3) is 6.33. The van der Waals surface area contributed by atoms with Gasteiger partial charge in [0.05, 0.1) is 26.9 Å². The van der Waals surface area contributed by atoms with E-state index in [1.165, 1.54) is 33.5 Å². The predicted molar refractivity (Wildman–Crippen MR) is 131 cm³/mol. The third-order valence-corrected chi connectivity index (χ3v) is 6.11. The lowest BCUT2D eigenvalue weighted by Crippen LogP contribution is -2.41. The van der Waals surface area contributed by atoms with E-state index in [0.29, 0.717) is 23.0 Å². The highest BCUT2D eigenvalue weighted by molar-refractivity contribution is 6.02. The molecule has 3 rings (SSSR count). The Hall–Kier alpha value is -3.99. The quantitative estimate of drug-likeness (QED) is 0.257. The molecule has 8 nitrogen and oxygen atoms in total. The molecule has 0 aliphatic heterocycles. The molecule has 2 aromatic rings. The van der Waals surface area contributed by atoms with E-state index in [1.54, 1.807) is 30.3 Å². The predicted octanol–water partition coefficient (Wildman–Crippen LogP) is 4.53. The van der Waals surface area contributed by atoms with Crippen LogP contribution in [0.15, 0.2) is 42.0 Å². The minimum atomic E-state index is -0.605. The van der Waals surface area contributed by atoms with Gasteiger partial charge in [-0.1, -0.05) is 25.8 Å². The molecule has 35 heavy (non-hydrogen) atoms. The third-order valence-electron chi connectivity index (χ3n) is 6.11. The first-order valence-electron chi connectivity index (χ1n) is 11.4. The second-order valence-electron chi connectivity index (χ2n) is 8.38. The Bertz CT molecular complexity index is 1150. The van der Waals surface area contributed by atoms with E-state index < -0.39 is 11.9 Å². The summed E-state index contributed by atoms with van der Waals surface area (Å²) >= 11 is 0. The van der Waals surface area contributed by atoms with Crippen molar-refractivity contribution in [2.24, 2.45) is 5.92 Å². The first kappa shape index (κ1) is 25.6. The number of amides is 1. The molecule has 0 heterocycles. The highest BCUT2D eigenvalue weighted by Gasteiger charge is 2.24. The normalized spacial score (nSPS) is 17.6. The molecule has 1 aliphatic carbocycles. The van der Waals surface area contributed by atoms with Crippen LogP contribution in [0.2, 0.25) is 0 Å². The van der Waals surface area contributed by atoms with Crippen LogP contribution in [0.4, 0.5) is 0 Å². The van der Waals surface area contributed by atoms with Gasteiger partial charge in [-0.05, 0) is 60.7 Å².